The molecule has 1 aliphatic heterocycles. The third-order valence-electron chi connectivity index (χ3n) is 4.90. The van der Waals surface area contributed by atoms with Crippen LogP contribution in [0.5, 0.6) is 0 Å². The first-order valence-corrected chi connectivity index (χ1v) is 9.37. The molecule has 0 aromatic heterocycles. The van der Waals surface area contributed by atoms with Gasteiger partial charge in [-0.3, -0.25) is 0 Å². The van der Waals surface area contributed by atoms with Crippen molar-refractivity contribution in [3.8, 4) is 6.07 Å². The van der Waals surface area contributed by atoms with E-state index < -0.39 is 67.7 Å². The SMILES string of the molecule is CC(C)=CC(=O)O[C@H]1[C@@H](O)C[C@@H](O[C@@H]2O[C@H](CO)[C@@H](O)[C@H](O)[C@H]2O)/C(=C\C#N)[C@@H]1O. The second-order valence-electron chi connectivity index (χ2n) is 7.47. The Morgan fingerprint density at radius 3 is 2.43 bits per heavy atom. The molecule has 2 fully saturated rings. The fraction of sp³-hybridized carbons (Fsp3) is 0.684. The summed E-state index contributed by atoms with van der Waals surface area (Å²) >= 11 is 0. The number of ether oxygens (including phenoxy) is 3. The normalized spacial score (nSPS) is 40.5. The highest BCUT2D eigenvalue weighted by molar-refractivity contribution is 5.82. The van der Waals surface area contributed by atoms with Gasteiger partial charge in [-0.2, -0.15) is 5.26 Å². The van der Waals surface area contributed by atoms with Crippen LogP contribution in [0.1, 0.15) is 20.3 Å². The first-order valence-electron chi connectivity index (χ1n) is 9.37. The molecule has 0 unspecified atom stereocenters. The fourth-order valence-electron chi connectivity index (χ4n) is 3.36. The van der Waals surface area contributed by atoms with E-state index in [1.54, 1.807) is 19.9 Å². The highest BCUT2D eigenvalue weighted by Gasteiger charge is 2.48. The maximum Gasteiger partial charge on any atom is 0.331 e. The van der Waals surface area contributed by atoms with Crippen molar-refractivity contribution in [3.63, 3.8) is 0 Å². The smallest absolute Gasteiger partial charge is 0.331 e. The molecule has 2 rings (SSSR count). The predicted molar refractivity (Wildman–Crippen MR) is 98.3 cm³/mol. The van der Waals surface area contributed by atoms with E-state index in [1.807, 2.05) is 0 Å². The maximum absolute atomic E-state index is 11.9. The van der Waals surface area contributed by atoms with Gasteiger partial charge in [0.1, 0.15) is 30.5 Å². The molecule has 30 heavy (non-hydrogen) atoms. The van der Waals surface area contributed by atoms with Crippen molar-refractivity contribution in [1.82, 2.24) is 0 Å². The molecule has 0 bridgehead atoms. The van der Waals surface area contributed by atoms with Crippen LogP contribution in [-0.4, -0.2) is 98.3 Å². The highest BCUT2D eigenvalue weighted by Crippen LogP contribution is 2.33. The monoisotopic (exact) mass is 429 g/mol. The number of aliphatic hydroxyl groups is 6. The summed E-state index contributed by atoms with van der Waals surface area (Å²) < 4.78 is 16.0. The van der Waals surface area contributed by atoms with E-state index in [0.717, 1.165) is 6.08 Å². The van der Waals surface area contributed by atoms with Crippen molar-refractivity contribution in [2.75, 3.05) is 6.61 Å². The minimum Gasteiger partial charge on any atom is -0.453 e. The number of nitriles is 1. The van der Waals surface area contributed by atoms with Crippen LogP contribution in [0, 0.1) is 11.3 Å². The lowest BCUT2D eigenvalue weighted by Crippen LogP contribution is -2.60. The molecule has 2 aliphatic rings. The molecule has 11 nitrogen and oxygen atoms in total. The van der Waals surface area contributed by atoms with Crippen LogP contribution in [0.3, 0.4) is 0 Å². The van der Waals surface area contributed by atoms with Crippen LogP contribution in [0.2, 0.25) is 0 Å². The van der Waals surface area contributed by atoms with Crippen LogP contribution in [0.15, 0.2) is 23.3 Å². The molecule has 0 radical (unpaired) electrons. The molecule has 9 atom stereocenters. The van der Waals surface area contributed by atoms with Crippen LogP contribution >= 0.6 is 0 Å². The zero-order valence-electron chi connectivity index (χ0n) is 16.5. The van der Waals surface area contributed by atoms with Crippen molar-refractivity contribution in [1.29, 1.82) is 5.26 Å². The summed E-state index contributed by atoms with van der Waals surface area (Å²) in [5.74, 6) is -0.775. The molecule has 1 heterocycles. The second-order valence-corrected chi connectivity index (χ2v) is 7.47. The Morgan fingerprint density at radius 2 is 1.87 bits per heavy atom. The van der Waals surface area contributed by atoms with Crippen molar-refractivity contribution < 1.29 is 49.6 Å². The van der Waals surface area contributed by atoms with Gasteiger partial charge in [-0.15, -0.1) is 0 Å². The summed E-state index contributed by atoms with van der Waals surface area (Å²) in [6, 6.07) is 1.73. The topological polar surface area (TPSA) is 190 Å². The van der Waals surface area contributed by atoms with Crippen LogP contribution in [-0.2, 0) is 19.0 Å². The van der Waals surface area contributed by atoms with Crippen molar-refractivity contribution in [3.05, 3.63) is 23.3 Å². The van der Waals surface area contributed by atoms with Gasteiger partial charge in [0.25, 0.3) is 0 Å². The number of esters is 1. The Hall–Kier alpha value is -1.88. The molecular weight excluding hydrogens is 402 g/mol. The number of hydrogen-bond donors (Lipinski definition) is 6. The number of hydrogen-bond acceptors (Lipinski definition) is 11. The minimum atomic E-state index is -1.70. The standard InChI is InChI=1S/C19H27NO10/c1-8(2)5-13(23)30-18-10(22)6-11(9(3-4-20)14(18)24)28-19-17(27)16(26)15(25)12(7-21)29-19/h3,5,10-12,14-19,21-22,24-27H,6-7H2,1-2H3/b9-3+/t10-,11+,12+,14-,15+,16-,17+,18-,19+/m0/s1. The molecule has 1 saturated carbocycles. The maximum atomic E-state index is 11.9. The zero-order chi connectivity index (χ0) is 22.6. The van der Waals surface area contributed by atoms with E-state index in [-0.39, 0.29) is 12.0 Å². The van der Waals surface area contributed by atoms with E-state index in [2.05, 4.69) is 0 Å². The molecule has 1 saturated heterocycles. The lowest BCUT2D eigenvalue weighted by Gasteiger charge is -2.43. The minimum absolute atomic E-state index is 0.0326. The molecule has 11 heteroatoms. The van der Waals surface area contributed by atoms with Crippen LogP contribution in [0.25, 0.3) is 0 Å². The van der Waals surface area contributed by atoms with Gasteiger partial charge in [0.2, 0.25) is 0 Å². The summed E-state index contributed by atoms with van der Waals surface area (Å²) in [5, 5.41) is 69.2. The lowest BCUT2D eigenvalue weighted by atomic mass is 9.84. The zero-order valence-corrected chi connectivity index (χ0v) is 16.5. The quantitative estimate of drug-likeness (QED) is 0.155. The lowest BCUT2D eigenvalue weighted by molar-refractivity contribution is -0.312. The summed E-state index contributed by atoms with van der Waals surface area (Å²) in [7, 11) is 0. The molecule has 1 aliphatic carbocycles. The van der Waals surface area contributed by atoms with Crippen molar-refractivity contribution in [2.24, 2.45) is 0 Å². The Morgan fingerprint density at radius 1 is 1.20 bits per heavy atom. The first-order chi connectivity index (χ1) is 14.1. The summed E-state index contributed by atoms with van der Waals surface area (Å²) in [6.45, 7) is 2.67. The van der Waals surface area contributed by atoms with Crippen LogP contribution in [0.4, 0.5) is 0 Å². The Balaban J connectivity index is 2.19. The Labute approximate surface area is 173 Å². The predicted octanol–water partition coefficient (Wildman–Crippen LogP) is -2.38. The number of allylic oxidation sites excluding steroid dienone is 2. The third-order valence-corrected chi connectivity index (χ3v) is 4.90. The average Bonchev–Trinajstić information content (AvgIpc) is 2.67. The highest BCUT2D eigenvalue weighted by atomic mass is 16.7. The number of nitrogens with zero attached hydrogens (tertiary/aromatic N) is 1. The van der Waals surface area contributed by atoms with Crippen molar-refractivity contribution >= 4 is 5.97 Å². The van der Waals surface area contributed by atoms with Gasteiger partial charge >= 0.3 is 5.97 Å². The summed E-state index contributed by atoms with van der Waals surface area (Å²) in [6.07, 6.45) is -11.3. The molecule has 0 spiro atoms. The van der Waals surface area contributed by atoms with E-state index in [9.17, 15) is 35.4 Å². The van der Waals surface area contributed by atoms with Gasteiger partial charge in [-0.25, -0.2) is 4.79 Å². The second kappa shape index (κ2) is 10.4. The molecule has 168 valence electrons. The third kappa shape index (κ3) is 5.42. The fourth-order valence-corrected chi connectivity index (χ4v) is 3.36. The van der Waals surface area contributed by atoms with E-state index >= 15 is 0 Å². The van der Waals surface area contributed by atoms with E-state index in [4.69, 9.17) is 19.5 Å². The average molecular weight is 429 g/mol. The number of rotatable bonds is 5. The number of aliphatic hydroxyl groups excluding tert-OH is 6. The van der Waals surface area contributed by atoms with E-state index in [0.29, 0.717) is 5.57 Å². The summed E-state index contributed by atoms with van der Waals surface area (Å²) in [5.41, 5.74) is 0.617. The molecule has 0 aromatic carbocycles. The molecule has 0 aromatic rings. The first kappa shape index (κ1) is 24.4. The molecule has 0 amide bonds. The van der Waals surface area contributed by atoms with Gasteiger partial charge < -0.3 is 44.8 Å². The summed E-state index contributed by atoms with van der Waals surface area (Å²) in [4.78, 5) is 11.9. The van der Waals surface area contributed by atoms with Crippen molar-refractivity contribution in [2.45, 2.75) is 75.4 Å². The van der Waals surface area contributed by atoms with Gasteiger partial charge in [-0.05, 0) is 13.8 Å². The van der Waals surface area contributed by atoms with Crippen LogP contribution < -0.4 is 0 Å². The molecular formula is C19H27NO10. The largest absolute Gasteiger partial charge is 0.453 e. The van der Waals surface area contributed by atoms with Gasteiger partial charge in [0.05, 0.1) is 24.9 Å². The number of carbonyl (C=O) groups excluding carboxylic acids is 1. The van der Waals surface area contributed by atoms with Gasteiger partial charge in [0.15, 0.2) is 12.4 Å². The Kier molecular flexibility index (Phi) is 8.48. The van der Waals surface area contributed by atoms with Gasteiger partial charge in [0, 0.05) is 24.1 Å². The number of carbonyl (C=O) groups is 1. The van der Waals surface area contributed by atoms with E-state index in [1.165, 1.54) is 6.08 Å². The molecule has 6 N–H and O–H groups in total. The van der Waals surface area contributed by atoms with Gasteiger partial charge in [-0.1, -0.05) is 5.57 Å². The Bertz CT molecular complexity index is 711.